The van der Waals surface area contributed by atoms with Crippen LogP contribution in [0.5, 0.6) is 5.75 Å². The van der Waals surface area contributed by atoms with E-state index in [0.29, 0.717) is 39.1 Å². The van der Waals surface area contributed by atoms with Crippen LogP contribution < -0.4 is 10.1 Å². The molecule has 0 saturated heterocycles. The summed E-state index contributed by atoms with van der Waals surface area (Å²) in [5.41, 5.74) is 2.87. The Morgan fingerprint density at radius 3 is 2.55 bits per heavy atom. The summed E-state index contributed by atoms with van der Waals surface area (Å²) in [4.78, 5) is 30.0. The molecule has 6 nitrogen and oxygen atoms in total. The first-order valence-electron chi connectivity index (χ1n) is 9.86. The molecule has 9 heteroatoms. The smallest absolute Gasteiger partial charge is 0.296 e. The SMILES string of the molecule is COc1ccc2c(c1)c(C(=O)C(=O)Nc1ccnc(Cl)c1)c(C)n2Cc1ccc(Cl)cc1Cl. The number of hydrogen-bond acceptors (Lipinski definition) is 4. The topological polar surface area (TPSA) is 73.2 Å². The third kappa shape index (κ3) is 4.69. The highest BCUT2D eigenvalue weighted by Crippen LogP contribution is 2.32. The summed E-state index contributed by atoms with van der Waals surface area (Å²) >= 11 is 18.3. The summed E-state index contributed by atoms with van der Waals surface area (Å²) in [6.45, 7) is 2.18. The largest absolute Gasteiger partial charge is 0.497 e. The number of carbonyl (C=O) groups is 2. The lowest BCUT2D eigenvalue weighted by atomic mass is 10.1. The fourth-order valence-corrected chi connectivity index (χ4v) is 4.32. The molecule has 4 rings (SSSR count). The number of fused-ring (bicyclic) bond motifs is 1. The van der Waals surface area contributed by atoms with Crippen LogP contribution in [0.4, 0.5) is 5.69 Å². The second kappa shape index (κ2) is 9.43. The van der Waals surface area contributed by atoms with Gasteiger partial charge in [-0.1, -0.05) is 40.9 Å². The number of pyridine rings is 1. The number of aromatic nitrogens is 2. The number of hydrogen-bond donors (Lipinski definition) is 1. The van der Waals surface area contributed by atoms with Gasteiger partial charge in [0.2, 0.25) is 0 Å². The Balaban J connectivity index is 1.79. The van der Waals surface area contributed by atoms with Crippen molar-refractivity contribution in [2.24, 2.45) is 0 Å². The average molecular weight is 503 g/mol. The van der Waals surface area contributed by atoms with Crippen molar-refractivity contribution in [1.82, 2.24) is 9.55 Å². The van der Waals surface area contributed by atoms with Gasteiger partial charge in [0.25, 0.3) is 11.7 Å². The summed E-state index contributed by atoms with van der Waals surface area (Å²) in [7, 11) is 1.54. The monoisotopic (exact) mass is 501 g/mol. The fraction of sp³-hybridized carbons (Fsp3) is 0.125. The van der Waals surface area contributed by atoms with E-state index in [4.69, 9.17) is 39.5 Å². The van der Waals surface area contributed by atoms with Crippen molar-refractivity contribution < 1.29 is 14.3 Å². The number of rotatable bonds is 6. The van der Waals surface area contributed by atoms with Crippen LogP contribution in [0, 0.1) is 6.92 Å². The zero-order valence-electron chi connectivity index (χ0n) is 17.7. The molecule has 1 N–H and O–H groups in total. The lowest BCUT2D eigenvalue weighted by Crippen LogP contribution is -2.23. The van der Waals surface area contributed by atoms with Gasteiger partial charge in [0.05, 0.1) is 12.7 Å². The van der Waals surface area contributed by atoms with Gasteiger partial charge in [-0.15, -0.1) is 0 Å². The number of benzene rings is 2. The van der Waals surface area contributed by atoms with Crippen LogP contribution >= 0.6 is 34.8 Å². The lowest BCUT2D eigenvalue weighted by Gasteiger charge is -2.11. The van der Waals surface area contributed by atoms with E-state index in [0.717, 1.165) is 11.1 Å². The zero-order chi connectivity index (χ0) is 23.7. The molecular weight excluding hydrogens is 485 g/mol. The molecule has 2 aromatic carbocycles. The van der Waals surface area contributed by atoms with Gasteiger partial charge in [0.1, 0.15) is 10.9 Å². The molecule has 0 unspecified atom stereocenters. The van der Waals surface area contributed by atoms with E-state index >= 15 is 0 Å². The number of nitrogens with zero attached hydrogens (tertiary/aromatic N) is 2. The molecule has 0 aliphatic carbocycles. The minimum absolute atomic E-state index is 0.206. The number of nitrogens with one attached hydrogen (secondary N) is 1. The van der Waals surface area contributed by atoms with Gasteiger partial charge in [-0.25, -0.2) is 4.98 Å². The first-order valence-corrected chi connectivity index (χ1v) is 11.0. The van der Waals surface area contributed by atoms with Crippen LogP contribution in [0.1, 0.15) is 21.6 Å². The van der Waals surface area contributed by atoms with Crippen LogP contribution in [0.15, 0.2) is 54.7 Å². The van der Waals surface area contributed by atoms with Crippen molar-refractivity contribution in [3.63, 3.8) is 0 Å². The Labute approximate surface area is 205 Å². The molecule has 168 valence electrons. The van der Waals surface area contributed by atoms with Gasteiger partial charge in [-0.05, 0) is 55.0 Å². The summed E-state index contributed by atoms with van der Waals surface area (Å²) in [5.74, 6) is -0.897. The van der Waals surface area contributed by atoms with Crippen LogP contribution in [-0.2, 0) is 11.3 Å². The number of ketones is 1. The van der Waals surface area contributed by atoms with Crippen molar-refractivity contribution in [3.8, 4) is 5.75 Å². The van der Waals surface area contributed by atoms with Crippen molar-refractivity contribution in [1.29, 1.82) is 0 Å². The Hall–Kier alpha value is -3.06. The molecule has 1 amide bonds. The third-order valence-corrected chi connectivity index (χ3v) is 6.09. The maximum absolute atomic E-state index is 13.3. The van der Waals surface area contributed by atoms with E-state index in [9.17, 15) is 9.59 Å². The highest BCUT2D eigenvalue weighted by Gasteiger charge is 2.26. The van der Waals surface area contributed by atoms with Crippen molar-refractivity contribution in [2.75, 3.05) is 12.4 Å². The molecule has 4 aromatic rings. The van der Waals surface area contributed by atoms with Gasteiger partial charge >= 0.3 is 0 Å². The molecule has 0 radical (unpaired) electrons. The first kappa shape index (κ1) is 23.1. The fourth-order valence-electron chi connectivity index (χ4n) is 3.68. The second-order valence-corrected chi connectivity index (χ2v) is 8.55. The average Bonchev–Trinajstić information content (AvgIpc) is 3.05. The third-order valence-electron chi connectivity index (χ3n) is 5.29. The van der Waals surface area contributed by atoms with Gasteiger partial charge in [-0.2, -0.15) is 0 Å². The Bertz CT molecular complexity index is 1400. The highest BCUT2D eigenvalue weighted by atomic mass is 35.5. The predicted molar refractivity (Wildman–Crippen MR) is 131 cm³/mol. The molecule has 0 aliphatic rings. The second-order valence-electron chi connectivity index (χ2n) is 7.32. The minimum atomic E-state index is -0.785. The van der Waals surface area contributed by atoms with Gasteiger partial charge < -0.3 is 14.6 Å². The molecule has 2 aromatic heterocycles. The zero-order valence-corrected chi connectivity index (χ0v) is 19.9. The number of anilines is 1. The number of carbonyl (C=O) groups excluding carboxylic acids is 2. The summed E-state index contributed by atoms with van der Waals surface area (Å²) in [6, 6.07) is 13.7. The summed E-state index contributed by atoms with van der Waals surface area (Å²) in [5, 5.41) is 4.44. The van der Waals surface area contributed by atoms with Crippen LogP contribution in [0.3, 0.4) is 0 Å². The van der Waals surface area contributed by atoms with Crippen LogP contribution in [0.25, 0.3) is 10.9 Å². The Morgan fingerprint density at radius 2 is 1.85 bits per heavy atom. The van der Waals surface area contributed by atoms with Crippen LogP contribution in [0.2, 0.25) is 15.2 Å². The molecule has 0 spiro atoms. The molecule has 0 atom stereocenters. The minimum Gasteiger partial charge on any atom is -0.497 e. The Kier molecular flexibility index (Phi) is 6.61. The standard InChI is InChI=1S/C24H18Cl3N3O3/c1-13-22(23(31)24(32)29-16-7-8-28-21(27)10-16)18-11-17(33-2)5-6-20(18)30(13)12-14-3-4-15(25)9-19(14)26/h3-11H,12H2,1-2H3,(H,28,29,32). The van der Waals surface area contributed by atoms with Crippen molar-refractivity contribution in [2.45, 2.75) is 13.5 Å². The summed E-state index contributed by atoms with van der Waals surface area (Å²) < 4.78 is 7.29. The maximum Gasteiger partial charge on any atom is 0.296 e. The van der Waals surface area contributed by atoms with Gasteiger partial charge in [-0.3, -0.25) is 9.59 Å². The van der Waals surface area contributed by atoms with E-state index in [2.05, 4.69) is 10.3 Å². The molecular formula is C24H18Cl3N3O3. The van der Waals surface area contributed by atoms with E-state index in [-0.39, 0.29) is 10.7 Å². The quantitative estimate of drug-likeness (QED) is 0.194. The van der Waals surface area contributed by atoms with Crippen molar-refractivity contribution >= 4 is 63.1 Å². The number of halogens is 3. The number of methoxy groups -OCH3 is 1. The van der Waals surface area contributed by atoms with Gasteiger partial charge in [0, 0.05) is 45.1 Å². The lowest BCUT2D eigenvalue weighted by molar-refractivity contribution is -0.112. The van der Waals surface area contributed by atoms with Crippen LogP contribution in [-0.4, -0.2) is 28.4 Å². The Morgan fingerprint density at radius 1 is 1.06 bits per heavy atom. The number of Topliss-reactive ketones (excluding diaryl/α,β-unsaturated/α-hetero) is 1. The molecule has 0 bridgehead atoms. The number of ether oxygens (including phenoxy) is 1. The molecule has 2 heterocycles. The number of amides is 1. The van der Waals surface area contributed by atoms with Crippen molar-refractivity contribution in [3.05, 3.63) is 86.7 Å². The van der Waals surface area contributed by atoms with E-state index in [1.165, 1.54) is 12.3 Å². The molecule has 33 heavy (non-hydrogen) atoms. The predicted octanol–water partition coefficient (Wildman–Crippen LogP) is 6.18. The summed E-state index contributed by atoms with van der Waals surface area (Å²) in [6.07, 6.45) is 1.44. The highest BCUT2D eigenvalue weighted by molar-refractivity contribution is 6.48. The van der Waals surface area contributed by atoms with Gasteiger partial charge in [0.15, 0.2) is 0 Å². The first-order chi connectivity index (χ1) is 15.8. The molecule has 0 aliphatic heterocycles. The van der Waals surface area contributed by atoms with E-state index in [1.54, 1.807) is 44.4 Å². The maximum atomic E-state index is 13.3. The van der Waals surface area contributed by atoms with E-state index < -0.39 is 11.7 Å². The normalized spacial score (nSPS) is 10.9. The molecule has 0 fully saturated rings. The molecule has 0 saturated carbocycles. The van der Waals surface area contributed by atoms with E-state index in [1.807, 2.05) is 16.7 Å².